The molecule has 4 nitrogen and oxygen atoms in total. The van der Waals surface area contributed by atoms with Gasteiger partial charge >= 0.3 is 0 Å². The highest BCUT2D eigenvalue weighted by atomic mass is 16.5. The molecule has 0 aliphatic carbocycles. The molecule has 0 amide bonds. The molecule has 0 bridgehead atoms. The summed E-state index contributed by atoms with van der Waals surface area (Å²) in [4.78, 5) is 0. The van der Waals surface area contributed by atoms with E-state index in [1.165, 1.54) is 5.69 Å². The minimum Gasteiger partial charge on any atom is -0.383 e. The fraction of sp³-hybridized carbons (Fsp3) is 0.769. The normalized spacial score (nSPS) is 13.1. The largest absolute Gasteiger partial charge is 0.383 e. The topological polar surface area (TPSA) is 39.1 Å². The highest BCUT2D eigenvalue weighted by Crippen LogP contribution is 2.23. The van der Waals surface area contributed by atoms with Gasteiger partial charge in [0.05, 0.1) is 23.7 Å². The van der Waals surface area contributed by atoms with E-state index in [1.807, 2.05) is 6.92 Å². The highest BCUT2D eigenvalue weighted by molar-refractivity contribution is 5.52. The van der Waals surface area contributed by atoms with Crippen molar-refractivity contribution in [1.29, 1.82) is 0 Å². The Labute approximate surface area is 104 Å². The van der Waals surface area contributed by atoms with Crippen LogP contribution < -0.4 is 5.32 Å². The van der Waals surface area contributed by atoms with Gasteiger partial charge in [-0.05, 0) is 34.1 Å². The van der Waals surface area contributed by atoms with E-state index in [1.54, 1.807) is 7.11 Å². The molecule has 98 valence electrons. The smallest absolute Gasteiger partial charge is 0.0828 e. The van der Waals surface area contributed by atoms with Crippen LogP contribution in [0, 0.1) is 13.8 Å². The van der Waals surface area contributed by atoms with E-state index in [0.29, 0.717) is 12.1 Å². The van der Waals surface area contributed by atoms with E-state index in [9.17, 15) is 0 Å². The predicted octanol–water partition coefficient (Wildman–Crippen LogP) is 2.92. The monoisotopic (exact) mass is 239 g/mol. The molecule has 0 radical (unpaired) electrons. The zero-order valence-electron chi connectivity index (χ0n) is 11.9. The van der Waals surface area contributed by atoms with E-state index in [-0.39, 0.29) is 0 Å². The van der Waals surface area contributed by atoms with Gasteiger partial charge in [-0.2, -0.15) is 5.10 Å². The Morgan fingerprint density at radius 1 is 1.35 bits per heavy atom. The molecule has 0 aliphatic rings. The second kappa shape index (κ2) is 6.05. The van der Waals surface area contributed by atoms with Crippen molar-refractivity contribution in [2.24, 2.45) is 0 Å². The Morgan fingerprint density at radius 2 is 2.00 bits per heavy atom. The van der Waals surface area contributed by atoms with Gasteiger partial charge in [-0.3, -0.25) is 4.68 Å². The molecule has 1 atom stereocenters. The van der Waals surface area contributed by atoms with Gasteiger partial charge in [-0.1, -0.05) is 6.92 Å². The molecule has 0 spiro atoms. The molecule has 17 heavy (non-hydrogen) atoms. The zero-order valence-corrected chi connectivity index (χ0v) is 11.9. The molecular formula is C13H25N3O. The maximum absolute atomic E-state index is 5.21. The van der Waals surface area contributed by atoms with Crippen molar-refractivity contribution < 1.29 is 4.74 Å². The van der Waals surface area contributed by atoms with Gasteiger partial charge in [0, 0.05) is 19.2 Å². The first-order valence-electron chi connectivity index (χ1n) is 6.32. The van der Waals surface area contributed by atoms with Crippen molar-refractivity contribution in [3.63, 3.8) is 0 Å². The average molecular weight is 239 g/mol. The SMILES string of the molecule is CCC(COC)Nc1c(C)nn(C(C)C)c1C. The standard InChI is InChI=1S/C13H25N3O/c1-7-12(8-17-6)14-13-10(4)15-16(9(2)3)11(13)5/h9,12,14H,7-8H2,1-6H3. The molecule has 1 aromatic rings. The number of anilines is 1. The lowest BCUT2D eigenvalue weighted by molar-refractivity contribution is 0.184. The average Bonchev–Trinajstić information content (AvgIpc) is 2.56. The fourth-order valence-corrected chi connectivity index (χ4v) is 2.04. The number of nitrogens with zero attached hydrogens (tertiary/aromatic N) is 2. The Hall–Kier alpha value is -1.03. The lowest BCUT2D eigenvalue weighted by atomic mass is 10.2. The number of rotatable bonds is 6. The van der Waals surface area contributed by atoms with Gasteiger partial charge in [-0.15, -0.1) is 0 Å². The Morgan fingerprint density at radius 3 is 2.41 bits per heavy atom. The van der Waals surface area contributed by atoms with Gasteiger partial charge < -0.3 is 10.1 Å². The van der Waals surface area contributed by atoms with Crippen molar-refractivity contribution in [2.75, 3.05) is 19.0 Å². The molecule has 1 rings (SSSR count). The summed E-state index contributed by atoms with van der Waals surface area (Å²) in [5.74, 6) is 0. The molecule has 1 aromatic heterocycles. The van der Waals surface area contributed by atoms with Crippen LogP contribution in [-0.2, 0) is 4.74 Å². The van der Waals surface area contributed by atoms with Crippen LogP contribution in [0.4, 0.5) is 5.69 Å². The third kappa shape index (κ3) is 3.22. The molecule has 0 saturated carbocycles. The number of ether oxygens (including phenoxy) is 1. The first kappa shape index (κ1) is 14.0. The highest BCUT2D eigenvalue weighted by Gasteiger charge is 2.16. The predicted molar refractivity (Wildman–Crippen MR) is 71.7 cm³/mol. The second-order valence-corrected chi connectivity index (χ2v) is 4.79. The van der Waals surface area contributed by atoms with Gasteiger partial charge in [-0.25, -0.2) is 0 Å². The van der Waals surface area contributed by atoms with Gasteiger partial charge in [0.15, 0.2) is 0 Å². The minimum atomic E-state index is 0.349. The van der Waals surface area contributed by atoms with Crippen LogP contribution in [0.5, 0.6) is 0 Å². The van der Waals surface area contributed by atoms with Crippen LogP contribution in [0.15, 0.2) is 0 Å². The van der Waals surface area contributed by atoms with E-state index in [4.69, 9.17) is 4.74 Å². The second-order valence-electron chi connectivity index (χ2n) is 4.79. The first-order valence-corrected chi connectivity index (χ1v) is 6.32. The number of hydrogen-bond donors (Lipinski definition) is 1. The number of nitrogens with one attached hydrogen (secondary N) is 1. The molecule has 0 aromatic carbocycles. The van der Waals surface area contributed by atoms with E-state index < -0.39 is 0 Å². The van der Waals surface area contributed by atoms with E-state index in [2.05, 4.69) is 42.8 Å². The Bertz CT molecular complexity index is 358. The third-order valence-corrected chi connectivity index (χ3v) is 3.02. The van der Waals surface area contributed by atoms with Crippen LogP contribution in [0.25, 0.3) is 0 Å². The van der Waals surface area contributed by atoms with Crippen LogP contribution in [0.1, 0.15) is 44.6 Å². The lowest BCUT2D eigenvalue weighted by Gasteiger charge is -2.18. The van der Waals surface area contributed by atoms with Crippen molar-refractivity contribution in [1.82, 2.24) is 9.78 Å². The van der Waals surface area contributed by atoms with E-state index in [0.717, 1.165) is 24.4 Å². The van der Waals surface area contributed by atoms with Crippen LogP contribution in [0.3, 0.4) is 0 Å². The van der Waals surface area contributed by atoms with Crippen molar-refractivity contribution >= 4 is 5.69 Å². The molecular weight excluding hydrogens is 214 g/mol. The maximum atomic E-state index is 5.21. The molecule has 4 heteroatoms. The molecule has 0 aliphatic heterocycles. The lowest BCUT2D eigenvalue weighted by Crippen LogP contribution is -2.24. The molecule has 1 heterocycles. The molecule has 0 fully saturated rings. The molecule has 1 unspecified atom stereocenters. The summed E-state index contributed by atoms with van der Waals surface area (Å²) in [5.41, 5.74) is 3.42. The van der Waals surface area contributed by atoms with Gasteiger partial charge in [0.2, 0.25) is 0 Å². The zero-order chi connectivity index (χ0) is 13.0. The fourth-order valence-electron chi connectivity index (χ4n) is 2.04. The Balaban J connectivity index is 2.90. The number of aryl methyl sites for hydroxylation is 1. The summed E-state index contributed by atoms with van der Waals surface area (Å²) >= 11 is 0. The summed E-state index contributed by atoms with van der Waals surface area (Å²) in [5, 5.41) is 8.10. The maximum Gasteiger partial charge on any atom is 0.0828 e. The van der Waals surface area contributed by atoms with E-state index >= 15 is 0 Å². The first-order chi connectivity index (χ1) is 8.01. The van der Waals surface area contributed by atoms with Gasteiger partial charge in [0.25, 0.3) is 0 Å². The quantitative estimate of drug-likeness (QED) is 0.829. The Kier molecular flexibility index (Phi) is 5.00. The summed E-state index contributed by atoms with van der Waals surface area (Å²) < 4.78 is 7.28. The van der Waals surface area contributed by atoms with Crippen molar-refractivity contribution in [2.45, 2.75) is 53.1 Å². The summed E-state index contributed by atoms with van der Waals surface area (Å²) in [6, 6.07) is 0.744. The van der Waals surface area contributed by atoms with Crippen LogP contribution in [0.2, 0.25) is 0 Å². The number of aromatic nitrogens is 2. The summed E-state index contributed by atoms with van der Waals surface area (Å²) in [7, 11) is 1.74. The number of hydrogen-bond acceptors (Lipinski definition) is 3. The van der Waals surface area contributed by atoms with Crippen molar-refractivity contribution in [3.8, 4) is 0 Å². The summed E-state index contributed by atoms with van der Waals surface area (Å²) in [6.07, 6.45) is 1.04. The molecule has 0 saturated heterocycles. The number of methoxy groups -OCH3 is 1. The van der Waals surface area contributed by atoms with Gasteiger partial charge in [0.1, 0.15) is 0 Å². The third-order valence-electron chi connectivity index (χ3n) is 3.02. The van der Waals surface area contributed by atoms with Crippen LogP contribution in [-0.4, -0.2) is 29.5 Å². The van der Waals surface area contributed by atoms with Crippen molar-refractivity contribution in [3.05, 3.63) is 11.4 Å². The summed E-state index contributed by atoms with van der Waals surface area (Å²) in [6.45, 7) is 11.3. The molecule has 1 N–H and O–H groups in total. The minimum absolute atomic E-state index is 0.349. The van der Waals surface area contributed by atoms with Crippen LogP contribution >= 0.6 is 0 Å².